The maximum Gasteiger partial charge on any atom is 0.306 e. The Labute approximate surface area is 109 Å². The quantitative estimate of drug-likeness (QED) is 0.713. The molecule has 4 heteroatoms. The van der Waals surface area contributed by atoms with Crippen molar-refractivity contribution in [3.8, 4) is 0 Å². The summed E-state index contributed by atoms with van der Waals surface area (Å²) in [7, 11) is 0. The molecule has 0 bridgehead atoms. The van der Waals surface area contributed by atoms with E-state index in [1.165, 1.54) is 12.8 Å². The topological polar surface area (TPSA) is 58.6 Å². The Hall–Kier alpha value is -0.610. The molecule has 1 saturated carbocycles. The van der Waals surface area contributed by atoms with Crippen molar-refractivity contribution in [2.45, 2.75) is 51.0 Å². The summed E-state index contributed by atoms with van der Waals surface area (Å²) in [6.45, 7) is 3.01. The lowest BCUT2D eigenvalue weighted by Crippen LogP contribution is -2.30. The van der Waals surface area contributed by atoms with Crippen LogP contribution < -0.4 is 5.32 Å². The molecule has 2 aliphatic rings. The van der Waals surface area contributed by atoms with E-state index in [0.717, 1.165) is 51.8 Å². The smallest absolute Gasteiger partial charge is 0.306 e. The van der Waals surface area contributed by atoms with Crippen molar-refractivity contribution >= 4 is 5.97 Å². The van der Waals surface area contributed by atoms with Crippen LogP contribution in [-0.4, -0.2) is 36.9 Å². The Bertz CT molecular complexity index is 256. The summed E-state index contributed by atoms with van der Waals surface area (Å²) in [5.74, 6) is -0.0296. The number of rotatable bonds is 6. The molecule has 1 unspecified atom stereocenters. The fraction of sp³-hybridized carbons (Fsp3) is 0.929. The summed E-state index contributed by atoms with van der Waals surface area (Å²) in [5, 5.41) is 12.4. The van der Waals surface area contributed by atoms with E-state index < -0.39 is 5.97 Å². The Morgan fingerprint density at radius 3 is 2.61 bits per heavy atom. The van der Waals surface area contributed by atoms with E-state index in [1.807, 2.05) is 0 Å². The molecule has 0 aromatic heterocycles. The largest absolute Gasteiger partial charge is 0.481 e. The van der Waals surface area contributed by atoms with E-state index in [1.54, 1.807) is 0 Å². The zero-order chi connectivity index (χ0) is 12.8. The van der Waals surface area contributed by atoms with Crippen molar-refractivity contribution in [3.05, 3.63) is 0 Å². The average molecular weight is 255 g/mol. The lowest BCUT2D eigenvalue weighted by atomic mass is 9.82. The lowest BCUT2D eigenvalue weighted by Gasteiger charge is -2.26. The van der Waals surface area contributed by atoms with Crippen LogP contribution in [0.2, 0.25) is 0 Å². The van der Waals surface area contributed by atoms with Crippen LogP contribution in [0.3, 0.4) is 0 Å². The third-order valence-corrected chi connectivity index (χ3v) is 4.30. The van der Waals surface area contributed by atoms with Gasteiger partial charge in [0.2, 0.25) is 0 Å². The van der Waals surface area contributed by atoms with Crippen molar-refractivity contribution in [3.63, 3.8) is 0 Å². The Morgan fingerprint density at radius 2 is 2.00 bits per heavy atom. The molecule has 2 rings (SSSR count). The summed E-state index contributed by atoms with van der Waals surface area (Å²) < 4.78 is 5.58. The Kier molecular flexibility index (Phi) is 5.45. The Balaban J connectivity index is 1.51. The number of hydrogen-bond acceptors (Lipinski definition) is 3. The van der Waals surface area contributed by atoms with Crippen LogP contribution in [0.1, 0.15) is 44.9 Å². The molecule has 0 spiro atoms. The predicted molar refractivity (Wildman–Crippen MR) is 69.5 cm³/mol. The third kappa shape index (κ3) is 4.25. The highest BCUT2D eigenvalue weighted by Gasteiger charge is 2.25. The zero-order valence-electron chi connectivity index (χ0n) is 11.1. The molecular weight excluding hydrogens is 230 g/mol. The fourth-order valence-corrected chi connectivity index (χ4v) is 3.05. The minimum absolute atomic E-state index is 0.0897. The van der Waals surface area contributed by atoms with Crippen molar-refractivity contribution in [1.82, 2.24) is 5.32 Å². The molecule has 0 aromatic rings. The SMILES string of the molecule is O=C(O)C1CCC(CNCCC2CCCO2)CC1. The third-order valence-electron chi connectivity index (χ3n) is 4.30. The van der Waals surface area contributed by atoms with Crippen molar-refractivity contribution in [2.24, 2.45) is 11.8 Å². The van der Waals surface area contributed by atoms with Gasteiger partial charge in [-0.15, -0.1) is 0 Å². The molecule has 104 valence electrons. The van der Waals surface area contributed by atoms with Gasteiger partial charge in [0.25, 0.3) is 0 Å². The molecular formula is C14H25NO3. The van der Waals surface area contributed by atoms with Crippen LogP contribution in [0.25, 0.3) is 0 Å². The summed E-state index contributed by atoms with van der Waals surface area (Å²) in [5.41, 5.74) is 0. The maximum atomic E-state index is 10.8. The standard InChI is InChI=1S/C14H25NO3/c16-14(17)12-5-3-11(4-6-12)10-15-8-7-13-2-1-9-18-13/h11-13,15H,1-10H2,(H,16,17). The van der Waals surface area contributed by atoms with Crippen LogP contribution in [0.4, 0.5) is 0 Å². The van der Waals surface area contributed by atoms with Gasteiger partial charge in [0, 0.05) is 6.61 Å². The number of nitrogens with one attached hydrogen (secondary N) is 1. The zero-order valence-corrected chi connectivity index (χ0v) is 11.1. The van der Waals surface area contributed by atoms with E-state index in [2.05, 4.69) is 5.32 Å². The van der Waals surface area contributed by atoms with E-state index in [0.29, 0.717) is 12.0 Å². The summed E-state index contributed by atoms with van der Waals surface area (Å²) in [6.07, 6.45) is 7.84. The average Bonchev–Trinajstić information content (AvgIpc) is 2.88. The number of carboxylic acid groups (broad SMARTS) is 1. The first-order valence-corrected chi connectivity index (χ1v) is 7.31. The number of carbonyl (C=O) groups is 1. The van der Waals surface area contributed by atoms with Crippen LogP contribution in [0.5, 0.6) is 0 Å². The number of carboxylic acids is 1. The van der Waals surface area contributed by atoms with Gasteiger partial charge in [0.1, 0.15) is 0 Å². The first-order valence-electron chi connectivity index (χ1n) is 7.31. The van der Waals surface area contributed by atoms with Crippen molar-refractivity contribution in [2.75, 3.05) is 19.7 Å². The second-order valence-electron chi connectivity index (χ2n) is 5.68. The fourth-order valence-electron chi connectivity index (χ4n) is 3.05. The van der Waals surface area contributed by atoms with E-state index in [9.17, 15) is 4.79 Å². The molecule has 1 heterocycles. The minimum atomic E-state index is -0.611. The van der Waals surface area contributed by atoms with Gasteiger partial charge in [-0.2, -0.15) is 0 Å². The van der Waals surface area contributed by atoms with Gasteiger partial charge >= 0.3 is 5.97 Å². The highest BCUT2D eigenvalue weighted by molar-refractivity contribution is 5.69. The molecule has 0 aromatic carbocycles. The monoisotopic (exact) mass is 255 g/mol. The second kappa shape index (κ2) is 7.10. The molecule has 1 aliphatic heterocycles. The minimum Gasteiger partial charge on any atom is -0.481 e. The van der Waals surface area contributed by atoms with E-state index in [4.69, 9.17) is 9.84 Å². The maximum absolute atomic E-state index is 10.8. The highest BCUT2D eigenvalue weighted by atomic mass is 16.5. The molecule has 2 fully saturated rings. The first kappa shape index (κ1) is 13.8. The van der Waals surface area contributed by atoms with Crippen molar-refractivity contribution < 1.29 is 14.6 Å². The summed E-state index contributed by atoms with van der Waals surface area (Å²) >= 11 is 0. The normalized spacial score (nSPS) is 32.6. The van der Waals surface area contributed by atoms with Gasteiger partial charge in [0.05, 0.1) is 12.0 Å². The Morgan fingerprint density at radius 1 is 1.22 bits per heavy atom. The van der Waals surface area contributed by atoms with Crippen LogP contribution in [-0.2, 0) is 9.53 Å². The van der Waals surface area contributed by atoms with Gasteiger partial charge in [0.15, 0.2) is 0 Å². The number of ether oxygens (including phenoxy) is 1. The molecule has 1 atom stereocenters. The molecule has 18 heavy (non-hydrogen) atoms. The molecule has 2 N–H and O–H groups in total. The van der Waals surface area contributed by atoms with Crippen LogP contribution in [0, 0.1) is 11.8 Å². The van der Waals surface area contributed by atoms with Gasteiger partial charge in [-0.25, -0.2) is 0 Å². The molecule has 0 radical (unpaired) electrons. The number of hydrogen-bond donors (Lipinski definition) is 2. The summed E-state index contributed by atoms with van der Waals surface area (Å²) in [4.78, 5) is 10.8. The summed E-state index contributed by atoms with van der Waals surface area (Å²) in [6, 6.07) is 0. The molecule has 1 saturated heterocycles. The van der Waals surface area contributed by atoms with Crippen molar-refractivity contribution in [1.29, 1.82) is 0 Å². The van der Waals surface area contributed by atoms with E-state index >= 15 is 0 Å². The van der Waals surface area contributed by atoms with Crippen LogP contribution in [0.15, 0.2) is 0 Å². The molecule has 4 nitrogen and oxygen atoms in total. The van der Waals surface area contributed by atoms with E-state index in [-0.39, 0.29) is 5.92 Å². The lowest BCUT2D eigenvalue weighted by molar-refractivity contribution is -0.143. The van der Waals surface area contributed by atoms with Gasteiger partial charge in [-0.05, 0) is 64.0 Å². The number of aliphatic carboxylic acids is 1. The highest BCUT2D eigenvalue weighted by Crippen LogP contribution is 2.28. The molecule has 1 aliphatic carbocycles. The van der Waals surface area contributed by atoms with Gasteiger partial charge in [-0.1, -0.05) is 0 Å². The second-order valence-corrected chi connectivity index (χ2v) is 5.68. The van der Waals surface area contributed by atoms with Gasteiger partial charge in [-0.3, -0.25) is 4.79 Å². The van der Waals surface area contributed by atoms with Crippen LogP contribution >= 0.6 is 0 Å². The molecule has 0 amide bonds. The predicted octanol–water partition coefficient (Wildman–Crippen LogP) is 2.04. The van der Waals surface area contributed by atoms with Gasteiger partial charge < -0.3 is 15.2 Å². The first-order chi connectivity index (χ1) is 8.75.